The fraction of sp³-hybridized carbons (Fsp3) is 0.448. The lowest BCUT2D eigenvalue weighted by molar-refractivity contribution is 0.190. The van der Waals surface area contributed by atoms with Gasteiger partial charge in [-0.1, -0.05) is 37.6 Å². The molecule has 9 heteroatoms. The number of nitrogen functional groups attached to an aromatic ring is 1. The van der Waals surface area contributed by atoms with E-state index in [0.717, 1.165) is 84.6 Å². The van der Waals surface area contributed by atoms with Crippen LogP contribution in [0.3, 0.4) is 0 Å². The van der Waals surface area contributed by atoms with Crippen molar-refractivity contribution in [3.05, 3.63) is 53.6 Å². The van der Waals surface area contributed by atoms with E-state index in [0.29, 0.717) is 12.6 Å². The minimum absolute atomic E-state index is 0.250. The molecule has 4 aromatic rings. The Balaban J connectivity index is 0.00000107. The molecule has 1 aliphatic rings. The number of nitrogens with zero attached hydrogens (tertiary/aromatic N) is 3. The number of methoxy groups -OCH3 is 1. The van der Waals surface area contributed by atoms with E-state index in [9.17, 15) is 0 Å². The van der Waals surface area contributed by atoms with Gasteiger partial charge in [-0.25, -0.2) is 4.98 Å². The Morgan fingerprint density at radius 1 is 1.18 bits per heavy atom. The van der Waals surface area contributed by atoms with Gasteiger partial charge in [-0.2, -0.15) is 4.98 Å². The molecule has 0 radical (unpaired) electrons. The molecule has 0 bridgehead atoms. The van der Waals surface area contributed by atoms with Crippen molar-refractivity contribution in [3.8, 4) is 5.75 Å². The van der Waals surface area contributed by atoms with Crippen molar-refractivity contribution >= 4 is 33.7 Å². The first-order valence-electron chi connectivity index (χ1n) is 13.5. The van der Waals surface area contributed by atoms with Crippen molar-refractivity contribution in [1.82, 2.24) is 19.9 Å². The zero-order chi connectivity index (χ0) is 26.9. The van der Waals surface area contributed by atoms with Crippen molar-refractivity contribution in [3.63, 3.8) is 0 Å². The number of aliphatic hydroxyl groups excluding tert-OH is 1. The molecule has 204 valence electrons. The maximum Gasteiger partial charge on any atom is 0.222 e. The molecule has 5 N–H and O–H groups in total. The van der Waals surface area contributed by atoms with E-state index in [4.69, 9.17) is 20.3 Å². The lowest BCUT2D eigenvalue weighted by atomic mass is 10.1. The molecule has 1 saturated heterocycles. The lowest BCUT2D eigenvalue weighted by Gasteiger charge is -2.16. The molecule has 0 aliphatic carbocycles. The third kappa shape index (κ3) is 6.35. The zero-order valence-corrected chi connectivity index (χ0v) is 22.7. The summed E-state index contributed by atoms with van der Waals surface area (Å²) in [5.74, 6) is 1.91. The summed E-state index contributed by atoms with van der Waals surface area (Å²) in [5.41, 5.74) is 11.4. The molecule has 1 unspecified atom stereocenters. The van der Waals surface area contributed by atoms with E-state index in [1.54, 1.807) is 14.0 Å². The zero-order valence-electron chi connectivity index (χ0n) is 22.7. The Hall–Kier alpha value is -3.40. The second-order valence-electron chi connectivity index (χ2n) is 9.42. The van der Waals surface area contributed by atoms with Gasteiger partial charge in [0, 0.05) is 43.3 Å². The topological polar surface area (TPSA) is 119 Å². The van der Waals surface area contributed by atoms with E-state index in [1.807, 2.05) is 6.07 Å². The lowest BCUT2D eigenvalue weighted by Crippen LogP contribution is -2.28. The van der Waals surface area contributed by atoms with Gasteiger partial charge >= 0.3 is 0 Å². The molecule has 38 heavy (non-hydrogen) atoms. The summed E-state index contributed by atoms with van der Waals surface area (Å²) in [6.07, 6.45) is 3.21. The second kappa shape index (κ2) is 13.4. The van der Waals surface area contributed by atoms with Crippen molar-refractivity contribution < 1.29 is 14.6 Å². The Morgan fingerprint density at radius 2 is 2.00 bits per heavy atom. The minimum Gasteiger partial charge on any atom is -0.496 e. The molecule has 0 amide bonds. The van der Waals surface area contributed by atoms with Crippen LogP contribution in [-0.4, -0.2) is 59.2 Å². The van der Waals surface area contributed by atoms with Crippen LogP contribution >= 0.6 is 0 Å². The second-order valence-corrected chi connectivity index (χ2v) is 9.42. The SMILES string of the molecule is CCCCNc1nc(N)nc2c3ccccc3n(Cc3cc(CNC4CCOC4)ccc3OC)c12.CCO. The first-order valence-corrected chi connectivity index (χ1v) is 13.5. The number of hydrogen-bond acceptors (Lipinski definition) is 8. The average molecular weight is 521 g/mol. The number of fused-ring (bicyclic) bond motifs is 3. The van der Waals surface area contributed by atoms with Crippen LogP contribution in [0.15, 0.2) is 42.5 Å². The summed E-state index contributed by atoms with van der Waals surface area (Å²) in [6.45, 7) is 7.97. The number of rotatable bonds is 10. The van der Waals surface area contributed by atoms with Crippen LogP contribution in [0.2, 0.25) is 0 Å². The number of ether oxygens (including phenoxy) is 2. The van der Waals surface area contributed by atoms with Crippen LogP contribution in [0.25, 0.3) is 21.9 Å². The summed E-state index contributed by atoms with van der Waals surface area (Å²) in [6, 6.07) is 15.1. The molecule has 2 aromatic carbocycles. The molecule has 0 spiro atoms. The van der Waals surface area contributed by atoms with E-state index < -0.39 is 0 Å². The maximum atomic E-state index is 7.57. The number of hydrogen-bond donors (Lipinski definition) is 4. The number of aromatic nitrogens is 3. The highest BCUT2D eigenvalue weighted by molar-refractivity contribution is 6.09. The monoisotopic (exact) mass is 520 g/mol. The third-order valence-electron chi connectivity index (χ3n) is 6.64. The van der Waals surface area contributed by atoms with Gasteiger partial charge < -0.3 is 35.5 Å². The molecular weight excluding hydrogens is 480 g/mol. The molecule has 2 aromatic heterocycles. The van der Waals surface area contributed by atoms with E-state index in [-0.39, 0.29) is 12.6 Å². The standard InChI is InChI=1S/C27H34N6O2.C2H6O/c1-3-4-12-29-26-25-24(31-27(28)32-26)21-7-5-6-8-22(21)33(25)16-19-14-18(9-10-23(19)34-2)15-30-20-11-13-35-17-20;1-2-3/h5-10,14,20,30H,3-4,11-13,15-17H2,1-2H3,(H3,28,29,31,32);3H,2H2,1H3. The Morgan fingerprint density at radius 3 is 2.74 bits per heavy atom. The van der Waals surface area contributed by atoms with Crippen molar-refractivity contribution in [2.75, 3.05) is 44.5 Å². The average Bonchev–Trinajstić information content (AvgIpc) is 3.55. The van der Waals surface area contributed by atoms with Crippen LogP contribution in [0.1, 0.15) is 44.2 Å². The predicted octanol–water partition coefficient (Wildman–Crippen LogP) is 4.31. The highest BCUT2D eigenvalue weighted by Gasteiger charge is 2.19. The minimum atomic E-state index is 0.250. The summed E-state index contributed by atoms with van der Waals surface area (Å²) in [7, 11) is 1.72. The summed E-state index contributed by atoms with van der Waals surface area (Å²) >= 11 is 0. The van der Waals surface area contributed by atoms with Crippen molar-refractivity contribution in [2.45, 2.75) is 52.2 Å². The van der Waals surface area contributed by atoms with Gasteiger partial charge in [-0.05, 0) is 43.5 Å². The highest BCUT2D eigenvalue weighted by Crippen LogP contribution is 2.34. The number of nitrogens with two attached hydrogens (primary N) is 1. The van der Waals surface area contributed by atoms with E-state index in [1.165, 1.54) is 5.56 Å². The molecule has 9 nitrogen and oxygen atoms in total. The third-order valence-corrected chi connectivity index (χ3v) is 6.64. The smallest absolute Gasteiger partial charge is 0.222 e. The van der Waals surface area contributed by atoms with Gasteiger partial charge in [0.2, 0.25) is 5.95 Å². The van der Waals surface area contributed by atoms with Gasteiger partial charge in [0.25, 0.3) is 0 Å². The van der Waals surface area contributed by atoms with Crippen molar-refractivity contribution in [1.29, 1.82) is 0 Å². The molecule has 3 heterocycles. The fourth-order valence-corrected chi connectivity index (χ4v) is 4.81. The summed E-state index contributed by atoms with van der Waals surface area (Å²) < 4.78 is 13.5. The number of para-hydroxylation sites is 1. The van der Waals surface area contributed by atoms with Gasteiger partial charge in [0.05, 0.1) is 25.8 Å². The molecule has 5 rings (SSSR count). The van der Waals surface area contributed by atoms with E-state index in [2.05, 4.69) is 68.5 Å². The summed E-state index contributed by atoms with van der Waals surface area (Å²) in [5, 5.41) is 15.7. The van der Waals surface area contributed by atoms with Gasteiger partial charge in [-0.15, -0.1) is 0 Å². The Bertz CT molecular complexity index is 1330. The number of anilines is 2. The van der Waals surface area contributed by atoms with Gasteiger partial charge in [0.15, 0.2) is 5.82 Å². The van der Waals surface area contributed by atoms with Crippen LogP contribution in [-0.2, 0) is 17.8 Å². The largest absolute Gasteiger partial charge is 0.496 e. The maximum absolute atomic E-state index is 7.57. The fourth-order valence-electron chi connectivity index (χ4n) is 4.81. The molecule has 1 atom stereocenters. The van der Waals surface area contributed by atoms with Gasteiger partial charge in [-0.3, -0.25) is 0 Å². The normalized spacial score (nSPS) is 15.0. The van der Waals surface area contributed by atoms with E-state index >= 15 is 0 Å². The van der Waals surface area contributed by atoms with Gasteiger partial charge in [0.1, 0.15) is 16.8 Å². The summed E-state index contributed by atoms with van der Waals surface area (Å²) in [4.78, 5) is 9.23. The van der Waals surface area contributed by atoms with Crippen LogP contribution in [0, 0.1) is 0 Å². The molecule has 1 aliphatic heterocycles. The Kier molecular flexibility index (Phi) is 9.75. The number of nitrogens with one attached hydrogen (secondary N) is 2. The number of benzene rings is 2. The molecule has 0 saturated carbocycles. The predicted molar refractivity (Wildman–Crippen MR) is 154 cm³/mol. The molecule has 1 fully saturated rings. The first kappa shape index (κ1) is 27.6. The quantitative estimate of drug-likeness (QED) is 0.228. The Labute approximate surface area is 224 Å². The van der Waals surface area contributed by atoms with Crippen molar-refractivity contribution in [2.24, 2.45) is 0 Å². The first-order chi connectivity index (χ1) is 18.6. The number of aliphatic hydroxyl groups is 1. The number of unbranched alkanes of at least 4 members (excludes halogenated alkanes) is 1. The van der Waals surface area contributed by atoms with Crippen LogP contribution in [0.4, 0.5) is 11.8 Å². The van der Waals surface area contributed by atoms with Crippen LogP contribution < -0.4 is 21.1 Å². The molecular formula is C29H40N6O3. The van der Waals surface area contributed by atoms with Crippen LogP contribution in [0.5, 0.6) is 5.75 Å². The highest BCUT2D eigenvalue weighted by atomic mass is 16.5.